The molecule has 0 saturated heterocycles. The molecule has 3 heteroatoms. The van der Waals surface area contributed by atoms with Crippen LogP contribution in [-0.2, 0) is 21.7 Å². The molecule has 0 spiro atoms. The standard InChI is InChI=1S/C60H61NO2/c1-57(2,3)39-23-40(58(4,5)6)26-45(25-39)61(55-49-29-50-47-11-7-9-13-52(47)62-54(50)22-38(49)21-51-48-12-8-10-14-53(48)63-56(51)55)46-27-43(59-30-34-15-35(31-59)18-41(59)17-34)24-44(28-46)60-32-36-16-37(33-60)20-42(60)19-36/h7-14,21-29,34-37,41-42H,15-20,30-33H2,1-6H3. The lowest BCUT2D eigenvalue weighted by molar-refractivity contribution is 0.263. The van der Waals surface area contributed by atoms with Crippen molar-refractivity contribution in [1.82, 2.24) is 0 Å². The van der Waals surface area contributed by atoms with Crippen LogP contribution in [0.15, 0.2) is 112 Å². The van der Waals surface area contributed by atoms with Gasteiger partial charge >= 0.3 is 0 Å². The lowest BCUT2D eigenvalue weighted by atomic mass is 9.67. The van der Waals surface area contributed by atoms with Crippen molar-refractivity contribution in [3.05, 3.63) is 125 Å². The van der Waals surface area contributed by atoms with Gasteiger partial charge in [-0.1, -0.05) is 90.1 Å². The summed E-state index contributed by atoms with van der Waals surface area (Å²) in [6.45, 7) is 14.3. The Morgan fingerprint density at radius 1 is 0.460 bits per heavy atom. The first-order valence-electron chi connectivity index (χ1n) is 24.6. The third-order valence-electron chi connectivity index (χ3n) is 18.4. The van der Waals surface area contributed by atoms with Crippen LogP contribution in [0.3, 0.4) is 0 Å². The smallest absolute Gasteiger partial charge is 0.160 e. The Hall–Kier alpha value is -5.02. The van der Waals surface area contributed by atoms with Crippen molar-refractivity contribution >= 4 is 71.7 Å². The summed E-state index contributed by atoms with van der Waals surface area (Å²) < 4.78 is 13.9. The highest BCUT2D eigenvalue weighted by Gasteiger charge is 2.61. The van der Waals surface area contributed by atoms with Gasteiger partial charge in [0.2, 0.25) is 0 Å². The average molecular weight is 828 g/mol. The van der Waals surface area contributed by atoms with Crippen molar-refractivity contribution in [1.29, 1.82) is 0 Å². The number of hydrogen-bond donors (Lipinski definition) is 0. The maximum Gasteiger partial charge on any atom is 0.160 e. The van der Waals surface area contributed by atoms with Gasteiger partial charge in [0.1, 0.15) is 16.7 Å². The quantitative estimate of drug-likeness (QED) is 0.173. The van der Waals surface area contributed by atoms with Crippen LogP contribution >= 0.6 is 0 Å². The van der Waals surface area contributed by atoms with Crippen molar-refractivity contribution < 1.29 is 8.83 Å². The zero-order valence-corrected chi connectivity index (χ0v) is 38.1. The minimum atomic E-state index is -0.0498. The number of furan rings is 2. The van der Waals surface area contributed by atoms with E-state index in [2.05, 4.69) is 150 Å². The largest absolute Gasteiger partial charge is 0.456 e. The van der Waals surface area contributed by atoms with Crippen molar-refractivity contribution in [2.75, 3.05) is 4.90 Å². The van der Waals surface area contributed by atoms with Crippen molar-refractivity contribution in [2.45, 2.75) is 127 Å². The molecule has 0 aliphatic heterocycles. The molecule has 8 bridgehead atoms. The molecule has 3 nitrogen and oxygen atoms in total. The maximum atomic E-state index is 7.26. The van der Waals surface area contributed by atoms with Crippen molar-refractivity contribution in [3.63, 3.8) is 0 Å². The summed E-state index contributed by atoms with van der Waals surface area (Å²) in [6, 6.07) is 40.2. The second-order valence-corrected chi connectivity index (χ2v) is 24.1. The van der Waals surface area contributed by atoms with E-state index in [-0.39, 0.29) is 21.7 Å². The van der Waals surface area contributed by atoms with E-state index in [0.29, 0.717) is 0 Å². The molecular formula is C60H61NO2. The fourth-order valence-electron chi connectivity index (χ4n) is 15.9. The maximum absolute atomic E-state index is 7.26. The molecule has 6 aromatic carbocycles. The SMILES string of the molecule is CC(C)(C)c1cc(N(c2cc(C34CC5CC(CC3C5)C4)cc(C34CC5CC(CC3C5)C4)c2)c2c3cc4c(cc3cc3c2oc2ccccc23)oc2ccccc24)cc(C(C)(C)C)c1. The Kier molecular flexibility index (Phi) is 7.36. The number of hydrogen-bond acceptors (Lipinski definition) is 3. The fourth-order valence-corrected chi connectivity index (χ4v) is 15.9. The van der Waals surface area contributed by atoms with Gasteiger partial charge in [-0.3, -0.25) is 0 Å². The van der Waals surface area contributed by atoms with Crippen LogP contribution in [0.1, 0.15) is 128 Å². The molecule has 318 valence electrons. The monoisotopic (exact) mass is 827 g/mol. The fraction of sp³-hybridized carbons (Fsp3) is 0.433. The molecule has 0 radical (unpaired) electrons. The first-order valence-corrected chi connectivity index (χ1v) is 24.6. The number of para-hydroxylation sites is 2. The van der Waals surface area contributed by atoms with E-state index < -0.39 is 0 Å². The topological polar surface area (TPSA) is 29.5 Å². The molecule has 4 unspecified atom stereocenters. The van der Waals surface area contributed by atoms with Crippen LogP contribution in [0.2, 0.25) is 0 Å². The summed E-state index contributed by atoms with van der Waals surface area (Å²) in [5, 5.41) is 6.99. The Morgan fingerprint density at radius 3 is 1.52 bits per heavy atom. The predicted octanol–water partition coefficient (Wildman–Crippen LogP) is 16.9. The second-order valence-electron chi connectivity index (χ2n) is 24.1. The van der Waals surface area contributed by atoms with Gasteiger partial charge in [0.15, 0.2) is 5.58 Å². The van der Waals surface area contributed by atoms with Gasteiger partial charge in [0.05, 0.1) is 5.69 Å². The van der Waals surface area contributed by atoms with Crippen molar-refractivity contribution in [2.24, 2.45) is 35.5 Å². The van der Waals surface area contributed by atoms with E-state index in [1.165, 1.54) is 97.5 Å². The van der Waals surface area contributed by atoms with Crippen LogP contribution in [0.5, 0.6) is 0 Å². The molecule has 2 aromatic heterocycles. The van der Waals surface area contributed by atoms with Gasteiger partial charge in [0, 0.05) is 38.3 Å². The van der Waals surface area contributed by atoms with Gasteiger partial charge in [-0.2, -0.15) is 0 Å². The summed E-state index contributed by atoms with van der Waals surface area (Å²) >= 11 is 0. The van der Waals surface area contributed by atoms with Crippen LogP contribution in [-0.4, -0.2) is 0 Å². The van der Waals surface area contributed by atoms with Crippen LogP contribution in [0, 0.1) is 35.5 Å². The Morgan fingerprint density at radius 2 is 0.968 bits per heavy atom. The minimum Gasteiger partial charge on any atom is -0.456 e. The second kappa shape index (κ2) is 12.4. The van der Waals surface area contributed by atoms with Gasteiger partial charge in [0.25, 0.3) is 0 Å². The highest BCUT2D eigenvalue weighted by molar-refractivity contribution is 6.22. The lowest BCUT2D eigenvalue weighted by Crippen LogP contribution is -2.31. The van der Waals surface area contributed by atoms with Gasteiger partial charge in [-0.15, -0.1) is 0 Å². The first kappa shape index (κ1) is 37.4. The third kappa shape index (κ3) is 5.26. The zero-order valence-electron chi connectivity index (χ0n) is 38.1. The summed E-state index contributed by atoms with van der Waals surface area (Å²) in [7, 11) is 0. The summed E-state index contributed by atoms with van der Waals surface area (Å²) in [5.41, 5.74) is 14.0. The molecule has 8 aliphatic rings. The Balaban J connectivity index is 1.13. The molecule has 8 fully saturated rings. The van der Waals surface area contributed by atoms with Gasteiger partial charge in [-0.05, 0) is 204 Å². The number of rotatable bonds is 5. The molecule has 16 rings (SSSR count). The minimum absolute atomic E-state index is 0.0498. The lowest BCUT2D eigenvalue weighted by Gasteiger charge is -2.39. The predicted molar refractivity (Wildman–Crippen MR) is 261 cm³/mol. The first-order chi connectivity index (χ1) is 30.3. The average Bonchev–Trinajstić information content (AvgIpc) is 4.05. The summed E-state index contributed by atoms with van der Waals surface area (Å²) in [5.74, 6) is 5.18. The number of anilines is 3. The van der Waals surface area contributed by atoms with E-state index in [1.807, 2.05) is 0 Å². The number of fused-ring (bicyclic) bond motifs is 7. The van der Waals surface area contributed by atoms with E-state index in [0.717, 1.165) is 85.1 Å². The molecule has 8 aromatic rings. The van der Waals surface area contributed by atoms with E-state index in [4.69, 9.17) is 8.83 Å². The summed E-state index contributed by atoms with van der Waals surface area (Å²) in [6.07, 6.45) is 14.1. The molecule has 2 heterocycles. The molecular weight excluding hydrogens is 767 g/mol. The van der Waals surface area contributed by atoms with Gasteiger partial charge in [-0.25, -0.2) is 0 Å². The molecule has 8 aliphatic carbocycles. The number of benzene rings is 6. The molecule has 4 atom stereocenters. The Labute approximate surface area is 372 Å². The Bertz CT molecular complexity index is 3110. The summed E-state index contributed by atoms with van der Waals surface area (Å²) in [4.78, 5) is 2.71. The highest BCUT2D eigenvalue weighted by atomic mass is 16.3. The normalized spacial score (nSPS) is 29.6. The van der Waals surface area contributed by atoms with Crippen molar-refractivity contribution in [3.8, 4) is 0 Å². The molecule has 63 heavy (non-hydrogen) atoms. The van der Waals surface area contributed by atoms with E-state index in [1.54, 1.807) is 11.1 Å². The zero-order chi connectivity index (χ0) is 42.4. The van der Waals surface area contributed by atoms with Crippen LogP contribution < -0.4 is 4.90 Å². The highest BCUT2D eigenvalue weighted by Crippen LogP contribution is 2.69. The molecule has 8 saturated carbocycles. The van der Waals surface area contributed by atoms with Crippen LogP contribution in [0.4, 0.5) is 17.1 Å². The molecule has 0 amide bonds. The molecule has 0 N–H and O–H groups in total. The van der Waals surface area contributed by atoms with Gasteiger partial charge < -0.3 is 13.7 Å². The van der Waals surface area contributed by atoms with Crippen LogP contribution in [0.25, 0.3) is 54.6 Å². The third-order valence-corrected chi connectivity index (χ3v) is 18.4. The van der Waals surface area contributed by atoms with E-state index in [9.17, 15) is 0 Å². The number of nitrogens with zero attached hydrogens (tertiary/aromatic N) is 1. The van der Waals surface area contributed by atoms with E-state index >= 15 is 0 Å².